The SMILES string of the molecule is COC(=O)c1cc(/C=C/CN(C(=O)OC)S(=O)(=O)c2ccc(C)cc2)cc(OC)c1OS(=O)(=O)C(F)(F)F. The number of nitrogens with zero attached hydrogens (tertiary/aromatic N) is 1. The van der Waals surface area contributed by atoms with Gasteiger partial charge in [0.2, 0.25) is 0 Å². The molecule has 0 N–H and O–H groups in total. The highest BCUT2D eigenvalue weighted by molar-refractivity contribution is 7.89. The van der Waals surface area contributed by atoms with E-state index in [0.717, 1.165) is 39.0 Å². The van der Waals surface area contributed by atoms with E-state index in [1.807, 2.05) is 0 Å². The van der Waals surface area contributed by atoms with Gasteiger partial charge in [-0.25, -0.2) is 18.0 Å². The van der Waals surface area contributed by atoms with E-state index in [-0.39, 0.29) is 10.5 Å². The molecule has 0 heterocycles. The van der Waals surface area contributed by atoms with Crippen LogP contribution >= 0.6 is 0 Å². The Kier molecular flexibility index (Phi) is 9.39. The molecule has 1 amide bonds. The summed E-state index contributed by atoms with van der Waals surface area (Å²) in [6.07, 6.45) is 1.16. The van der Waals surface area contributed by atoms with Crippen molar-refractivity contribution in [2.45, 2.75) is 17.3 Å². The number of benzene rings is 2. The van der Waals surface area contributed by atoms with Gasteiger partial charge in [-0.05, 0) is 36.8 Å². The van der Waals surface area contributed by atoms with Crippen LogP contribution in [0.4, 0.5) is 18.0 Å². The summed E-state index contributed by atoms with van der Waals surface area (Å²) in [5, 5.41) is 0. The fraction of sp³-hybridized carbons (Fsp3) is 0.273. The predicted molar refractivity (Wildman–Crippen MR) is 126 cm³/mol. The van der Waals surface area contributed by atoms with Gasteiger partial charge in [0.05, 0.1) is 32.8 Å². The second kappa shape index (κ2) is 11.7. The summed E-state index contributed by atoms with van der Waals surface area (Å²) >= 11 is 0. The molecule has 2 rings (SSSR count). The first-order valence-electron chi connectivity index (χ1n) is 10.2. The summed E-state index contributed by atoms with van der Waals surface area (Å²) in [5.41, 5.74) is -5.74. The monoisotopic (exact) mass is 581 g/mol. The number of hydrogen-bond acceptors (Lipinski definition) is 10. The van der Waals surface area contributed by atoms with Crippen LogP contribution in [0.15, 0.2) is 47.4 Å². The van der Waals surface area contributed by atoms with Crippen LogP contribution in [0, 0.1) is 6.92 Å². The summed E-state index contributed by atoms with van der Waals surface area (Å²) in [4.78, 5) is 24.2. The molecule has 0 fully saturated rings. The average Bonchev–Trinajstić information content (AvgIpc) is 2.85. The number of carbonyl (C=O) groups is 2. The molecule has 0 aliphatic rings. The lowest BCUT2D eigenvalue weighted by atomic mass is 10.1. The molecule has 0 aliphatic heterocycles. The molecule has 0 radical (unpaired) electrons. The Morgan fingerprint density at radius 3 is 2.08 bits per heavy atom. The van der Waals surface area contributed by atoms with Gasteiger partial charge in [-0.15, -0.1) is 0 Å². The van der Waals surface area contributed by atoms with E-state index in [9.17, 15) is 39.6 Å². The highest BCUT2D eigenvalue weighted by atomic mass is 32.2. The minimum Gasteiger partial charge on any atom is -0.493 e. The maximum Gasteiger partial charge on any atom is 0.534 e. The number of hydrogen-bond donors (Lipinski definition) is 0. The van der Waals surface area contributed by atoms with Crippen molar-refractivity contribution in [3.05, 3.63) is 59.2 Å². The van der Waals surface area contributed by atoms with Crippen molar-refractivity contribution in [1.82, 2.24) is 4.31 Å². The number of esters is 1. The number of methoxy groups -OCH3 is 3. The first-order valence-corrected chi connectivity index (χ1v) is 13.1. The first kappa shape index (κ1) is 30.4. The summed E-state index contributed by atoms with van der Waals surface area (Å²) < 4.78 is 106. The molecular formula is C22H22F3NO10S2. The van der Waals surface area contributed by atoms with Crippen LogP contribution in [0.2, 0.25) is 0 Å². The largest absolute Gasteiger partial charge is 0.534 e. The van der Waals surface area contributed by atoms with Gasteiger partial charge in [0.25, 0.3) is 10.0 Å². The number of alkyl halides is 3. The van der Waals surface area contributed by atoms with Gasteiger partial charge in [0.15, 0.2) is 11.5 Å². The minimum atomic E-state index is -6.18. The predicted octanol–water partition coefficient (Wildman–Crippen LogP) is 3.49. The molecule has 0 aliphatic carbocycles. The third-order valence-corrected chi connectivity index (χ3v) is 7.45. The summed E-state index contributed by atoms with van der Waals surface area (Å²) in [6, 6.07) is 7.59. The Morgan fingerprint density at radius 1 is 0.974 bits per heavy atom. The van der Waals surface area contributed by atoms with Crippen LogP contribution in [0.3, 0.4) is 0 Å². The van der Waals surface area contributed by atoms with Gasteiger partial charge in [0, 0.05) is 0 Å². The standard InChI is InChI=1S/C22H22F3NO10S2/c1-14-7-9-16(10-8-14)37(29,30)26(21(28)35-4)11-5-6-15-12-17(20(27)34-3)19(18(13-15)33-2)36-38(31,32)22(23,24)25/h5-10,12-13H,11H2,1-4H3/b6-5+. The third kappa shape index (κ3) is 6.74. The lowest BCUT2D eigenvalue weighted by molar-refractivity contribution is -0.0501. The zero-order valence-electron chi connectivity index (χ0n) is 20.3. The van der Waals surface area contributed by atoms with Crippen LogP contribution in [0.5, 0.6) is 11.5 Å². The molecule has 38 heavy (non-hydrogen) atoms. The molecule has 0 atom stereocenters. The number of sulfonamides is 1. The zero-order chi connectivity index (χ0) is 28.9. The lowest BCUT2D eigenvalue weighted by Gasteiger charge is -2.19. The number of rotatable bonds is 9. The highest BCUT2D eigenvalue weighted by Gasteiger charge is 2.49. The van der Waals surface area contributed by atoms with Crippen LogP contribution in [0.1, 0.15) is 21.5 Å². The van der Waals surface area contributed by atoms with E-state index in [1.54, 1.807) is 6.92 Å². The Balaban J connectivity index is 2.51. The van der Waals surface area contributed by atoms with E-state index < -0.39 is 61.3 Å². The van der Waals surface area contributed by atoms with Crippen molar-refractivity contribution in [2.24, 2.45) is 0 Å². The van der Waals surface area contributed by atoms with E-state index in [4.69, 9.17) is 4.74 Å². The van der Waals surface area contributed by atoms with Crippen LogP contribution in [0.25, 0.3) is 6.08 Å². The zero-order valence-corrected chi connectivity index (χ0v) is 21.9. The molecule has 11 nitrogen and oxygen atoms in total. The van der Waals surface area contributed by atoms with Crippen LogP contribution in [-0.2, 0) is 29.6 Å². The van der Waals surface area contributed by atoms with Gasteiger partial charge >= 0.3 is 27.7 Å². The fourth-order valence-corrected chi connectivity index (χ4v) is 4.64. The Labute approximate surface area is 216 Å². The van der Waals surface area contributed by atoms with Gasteiger partial charge in [-0.2, -0.15) is 25.9 Å². The molecule has 208 valence electrons. The van der Waals surface area contributed by atoms with Crippen LogP contribution < -0.4 is 8.92 Å². The molecule has 0 saturated heterocycles. The Hall–Kier alpha value is -3.79. The van der Waals surface area contributed by atoms with Crippen LogP contribution in [-0.4, -0.2) is 66.6 Å². The first-order chi connectivity index (χ1) is 17.6. The second-order valence-corrected chi connectivity index (χ2v) is 10.7. The number of halogens is 3. The number of ether oxygens (including phenoxy) is 3. The molecular weight excluding hydrogens is 559 g/mol. The van der Waals surface area contributed by atoms with E-state index >= 15 is 0 Å². The minimum absolute atomic E-state index is 0.0246. The molecule has 0 saturated carbocycles. The smallest absolute Gasteiger partial charge is 0.493 e. The molecule has 2 aromatic carbocycles. The topological polar surface area (TPSA) is 143 Å². The Morgan fingerprint density at radius 2 is 1.58 bits per heavy atom. The number of aryl methyl sites for hydroxylation is 1. The number of amides is 1. The molecule has 16 heteroatoms. The van der Waals surface area contributed by atoms with E-state index in [0.29, 0.717) is 4.31 Å². The van der Waals surface area contributed by atoms with Crippen molar-refractivity contribution >= 4 is 38.3 Å². The molecule has 0 bridgehead atoms. The maximum atomic E-state index is 13.0. The average molecular weight is 582 g/mol. The molecule has 2 aromatic rings. The molecule has 0 unspecified atom stereocenters. The van der Waals surface area contributed by atoms with Gasteiger partial charge in [-0.1, -0.05) is 29.8 Å². The van der Waals surface area contributed by atoms with Crippen molar-refractivity contribution in [2.75, 3.05) is 27.9 Å². The summed E-state index contributed by atoms with van der Waals surface area (Å²) in [5.74, 6) is -2.92. The normalized spacial score (nSPS) is 12.2. The van der Waals surface area contributed by atoms with Crippen molar-refractivity contribution in [1.29, 1.82) is 0 Å². The quantitative estimate of drug-likeness (QED) is 0.245. The summed E-state index contributed by atoms with van der Waals surface area (Å²) in [6.45, 7) is 1.18. The molecule has 0 aromatic heterocycles. The van der Waals surface area contributed by atoms with Crippen molar-refractivity contribution in [3.8, 4) is 11.5 Å². The molecule has 0 spiro atoms. The van der Waals surface area contributed by atoms with E-state index in [1.165, 1.54) is 36.4 Å². The Bertz CT molecular complexity index is 1430. The van der Waals surface area contributed by atoms with Gasteiger partial charge in [0.1, 0.15) is 5.56 Å². The third-order valence-electron chi connectivity index (χ3n) is 4.75. The van der Waals surface area contributed by atoms with E-state index in [2.05, 4.69) is 13.7 Å². The van der Waals surface area contributed by atoms with Gasteiger partial charge in [-0.3, -0.25) is 0 Å². The van der Waals surface area contributed by atoms with Crippen molar-refractivity contribution in [3.63, 3.8) is 0 Å². The lowest BCUT2D eigenvalue weighted by Crippen LogP contribution is -2.37. The highest BCUT2D eigenvalue weighted by Crippen LogP contribution is 2.38. The van der Waals surface area contributed by atoms with Crippen molar-refractivity contribution < 1.29 is 58.0 Å². The second-order valence-electron chi connectivity index (χ2n) is 7.30. The van der Waals surface area contributed by atoms with Gasteiger partial charge < -0.3 is 18.4 Å². The maximum absolute atomic E-state index is 13.0. The number of carbonyl (C=O) groups excluding carboxylic acids is 2. The fourth-order valence-electron chi connectivity index (χ4n) is 2.87. The summed E-state index contributed by atoms with van der Waals surface area (Å²) in [7, 11) is -7.68.